The second-order valence-corrected chi connectivity index (χ2v) is 7.21. The highest BCUT2D eigenvalue weighted by molar-refractivity contribution is 7.98. The molecule has 0 fully saturated rings. The van der Waals surface area contributed by atoms with E-state index in [9.17, 15) is 14.7 Å². The van der Waals surface area contributed by atoms with Crippen molar-refractivity contribution in [1.82, 2.24) is 5.32 Å². The van der Waals surface area contributed by atoms with Crippen LogP contribution in [0.25, 0.3) is 11.0 Å². The molecule has 2 rings (SSSR count). The number of hydrogen-bond acceptors (Lipinski definition) is 6. The molecule has 0 spiro atoms. The summed E-state index contributed by atoms with van der Waals surface area (Å²) in [6, 6.07) is 3.32. The number of benzene rings is 1. The molecule has 1 aromatic carbocycles. The fourth-order valence-corrected chi connectivity index (χ4v) is 3.18. The first-order valence-electron chi connectivity index (χ1n) is 8.44. The zero-order chi connectivity index (χ0) is 19.3. The normalized spacial score (nSPS) is 12.2. The van der Waals surface area contributed by atoms with Gasteiger partial charge < -0.3 is 19.6 Å². The van der Waals surface area contributed by atoms with E-state index in [2.05, 4.69) is 5.32 Å². The van der Waals surface area contributed by atoms with Gasteiger partial charge in [0.25, 0.3) is 5.91 Å². The van der Waals surface area contributed by atoms with Crippen LogP contribution in [0.1, 0.15) is 23.1 Å². The van der Waals surface area contributed by atoms with Crippen molar-refractivity contribution < 1.29 is 19.1 Å². The van der Waals surface area contributed by atoms with Crippen molar-refractivity contribution >= 4 is 28.6 Å². The maximum absolute atomic E-state index is 12.0. The lowest BCUT2D eigenvalue weighted by Crippen LogP contribution is -2.40. The zero-order valence-electron chi connectivity index (χ0n) is 15.5. The summed E-state index contributed by atoms with van der Waals surface area (Å²) in [4.78, 5) is 24.0. The van der Waals surface area contributed by atoms with E-state index < -0.39 is 0 Å². The molecule has 6 nitrogen and oxygen atoms in total. The molecule has 26 heavy (non-hydrogen) atoms. The Hall–Kier alpha value is -1.99. The highest BCUT2D eigenvalue weighted by Gasteiger charge is 2.15. The molecule has 0 bridgehead atoms. The van der Waals surface area contributed by atoms with E-state index in [4.69, 9.17) is 9.15 Å². The van der Waals surface area contributed by atoms with Crippen LogP contribution in [0.3, 0.4) is 0 Å². The van der Waals surface area contributed by atoms with Crippen LogP contribution in [0.15, 0.2) is 21.3 Å². The number of ether oxygens (including phenoxy) is 1. The first-order valence-corrected chi connectivity index (χ1v) is 9.84. The molecule has 1 unspecified atom stereocenters. The minimum Gasteiger partial charge on any atom is -0.483 e. The number of amides is 1. The van der Waals surface area contributed by atoms with Crippen LogP contribution in [-0.2, 0) is 4.79 Å². The van der Waals surface area contributed by atoms with Gasteiger partial charge in [0, 0.05) is 16.5 Å². The topological polar surface area (TPSA) is 88.8 Å². The predicted molar refractivity (Wildman–Crippen MR) is 104 cm³/mol. The molecule has 0 aliphatic rings. The molecular weight excluding hydrogens is 354 g/mol. The van der Waals surface area contributed by atoms with Crippen LogP contribution >= 0.6 is 11.8 Å². The minimum absolute atomic E-state index is 0.106. The van der Waals surface area contributed by atoms with E-state index in [1.807, 2.05) is 19.2 Å². The van der Waals surface area contributed by atoms with Crippen LogP contribution in [0.4, 0.5) is 0 Å². The second kappa shape index (κ2) is 9.09. The van der Waals surface area contributed by atoms with E-state index in [0.29, 0.717) is 28.9 Å². The van der Waals surface area contributed by atoms with Crippen LogP contribution in [0, 0.1) is 20.8 Å². The molecule has 1 aromatic heterocycles. The molecule has 2 aromatic rings. The van der Waals surface area contributed by atoms with Gasteiger partial charge in [0.2, 0.25) is 0 Å². The summed E-state index contributed by atoms with van der Waals surface area (Å²) >= 11 is 1.66. The average Bonchev–Trinajstić information content (AvgIpc) is 2.63. The molecule has 0 aliphatic carbocycles. The van der Waals surface area contributed by atoms with E-state index in [-0.39, 0.29) is 30.8 Å². The number of aliphatic hydroxyl groups is 1. The van der Waals surface area contributed by atoms with E-state index in [1.165, 1.54) is 0 Å². The number of fused-ring (bicyclic) bond motifs is 1. The Labute approximate surface area is 156 Å². The Morgan fingerprint density at radius 1 is 1.27 bits per heavy atom. The molecular formula is C19H25NO5S. The maximum atomic E-state index is 12.0. The molecule has 1 heterocycles. The van der Waals surface area contributed by atoms with Gasteiger partial charge in [-0.15, -0.1) is 0 Å². The van der Waals surface area contributed by atoms with Crippen molar-refractivity contribution in [2.45, 2.75) is 33.2 Å². The van der Waals surface area contributed by atoms with Crippen molar-refractivity contribution in [3.63, 3.8) is 0 Å². The summed E-state index contributed by atoms with van der Waals surface area (Å²) in [7, 11) is 0. The molecule has 0 radical (unpaired) electrons. The lowest BCUT2D eigenvalue weighted by atomic mass is 10.0. The van der Waals surface area contributed by atoms with Crippen molar-refractivity contribution in [3.05, 3.63) is 39.2 Å². The highest BCUT2D eigenvalue weighted by Crippen LogP contribution is 2.29. The third-order valence-corrected chi connectivity index (χ3v) is 5.08. The summed E-state index contributed by atoms with van der Waals surface area (Å²) in [5.74, 6) is 1.04. The van der Waals surface area contributed by atoms with Gasteiger partial charge >= 0.3 is 5.63 Å². The van der Waals surface area contributed by atoms with Crippen molar-refractivity contribution in [2.24, 2.45) is 0 Å². The maximum Gasteiger partial charge on any atom is 0.339 e. The Morgan fingerprint density at radius 3 is 2.65 bits per heavy atom. The van der Waals surface area contributed by atoms with Gasteiger partial charge in [-0.25, -0.2) is 4.79 Å². The summed E-state index contributed by atoms with van der Waals surface area (Å²) in [5.41, 5.74) is 2.25. The van der Waals surface area contributed by atoms with Crippen molar-refractivity contribution in [3.8, 4) is 5.75 Å². The third kappa shape index (κ3) is 4.59. The molecule has 2 N–H and O–H groups in total. The second-order valence-electron chi connectivity index (χ2n) is 6.22. The van der Waals surface area contributed by atoms with E-state index in [0.717, 1.165) is 16.7 Å². The minimum atomic E-state index is -0.368. The van der Waals surface area contributed by atoms with Gasteiger partial charge in [-0.3, -0.25) is 4.79 Å². The molecule has 1 atom stereocenters. The zero-order valence-corrected chi connectivity index (χ0v) is 16.4. The number of nitrogens with one attached hydrogen (secondary N) is 1. The first kappa shape index (κ1) is 20.3. The molecule has 1 amide bonds. The quantitative estimate of drug-likeness (QED) is 0.685. The van der Waals surface area contributed by atoms with Gasteiger partial charge in [-0.05, 0) is 56.9 Å². The standard InChI is InChI=1S/C19H25NO5S/c1-11-12(2)19(23)25-18-13(3)16(6-5-15(11)18)24-10-17(22)20-14(9-21)7-8-26-4/h5-6,14,21H,7-10H2,1-4H3,(H,20,22). The van der Waals surface area contributed by atoms with Gasteiger partial charge in [-0.2, -0.15) is 11.8 Å². The fraction of sp³-hybridized carbons (Fsp3) is 0.474. The Morgan fingerprint density at radius 2 is 2.00 bits per heavy atom. The van der Waals surface area contributed by atoms with Gasteiger partial charge in [0.1, 0.15) is 11.3 Å². The van der Waals surface area contributed by atoms with E-state index in [1.54, 1.807) is 31.7 Å². The van der Waals surface area contributed by atoms with Gasteiger partial charge in [-0.1, -0.05) is 0 Å². The largest absolute Gasteiger partial charge is 0.483 e. The van der Waals surface area contributed by atoms with Crippen LogP contribution in [0.5, 0.6) is 5.75 Å². The van der Waals surface area contributed by atoms with Crippen LogP contribution in [0.2, 0.25) is 0 Å². The number of aliphatic hydroxyl groups excluding tert-OH is 1. The third-order valence-electron chi connectivity index (χ3n) is 4.44. The Bertz CT molecular complexity index is 846. The molecule has 7 heteroatoms. The SMILES string of the molecule is CSCCC(CO)NC(=O)COc1ccc2c(C)c(C)c(=O)oc2c1C. The van der Waals surface area contributed by atoms with E-state index >= 15 is 0 Å². The Balaban J connectivity index is 2.12. The monoisotopic (exact) mass is 379 g/mol. The summed E-state index contributed by atoms with van der Waals surface area (Å²) in [5, 5.41) is 12.9. The smallest absolute Gasteiger partial charge is 0.339 e. The number of carbonyl (C=O) groups is 1. The number of rotatable bonds is 8. The van der Waals surface area contributed by atoms with Crippen LogP contribution < -0.4 is 15.7 Å². The lowest BCUT2D eigenvalue weighted by molar-refractivity contribution is -0.124. The van der Waals surface area contributed by atoms with Crippen molar-refractivity contribution in [2.75, 3.05) is 25.2 Å². The lowest BCUT2D eigenvalue weighted by Gasteiger charge is -2.16. The highest BCUT2D eigenvalue weighted by atomic mass is 32.2. The summed E-state index contributed by atoms with van der Waals surface area (Å²) < 4.78 is 11.0. The fourth-order valence-electron chi connectivity index (χ4n) is 2.66. The summed E-state index contributed by atoms with van der Waals surface area (Å²) in [6.45, 7) is 5.13. The van der Waals surface area contributed by atoms with Gasteiger partial charge in [0.15, 0.2) is 6.61 Å². The first-order chi connectivity index (χ1) is 12.4. The van der Waals surface area contributed by atoms with Gasteiger partial charge in [0.05, 0.1) is 12.6 Å². The van der Waals surface area contributed by atoms with Crippen molar-refractivity contribution in [1.29, 1.82) is 0 Å². The number of thioether (sulfide) groups is 1. The van der Waals surface area contributed by atoms with Crippen LogP contribution in [-0.4, -0.2) is 42.3 Å². The molecule has 0 saturated carbocycles. The molecule has 142 valence electrons. The average molecular weight is 379 g/mol. The Kier molecular flexibility index (Phi) is 7.11. The number of aryl methyl sites for hydroxylation is 2. The molecule has 0 aliphatic heterocycles. The summed E-state index contributed by atoms with van der Waals surface area (Å²) in [6.07, 6.45) is 2.67. The predicted octanol–water partition coefficient (Wildman–Crippen LogP) is 2.33. The molecule has 0 saturated heterocycles. The number of hydrogen-bond donors (Lipinski definition) is 2. The number of carbonyl (C=O) groups excluding carboxylic acids is 1.